The molecule has 1 aromatic carbocycles. The average Bonchev–Trinajstić information content (AvgIpc) is 3.33. The van der Waals surface area contributed by atoms with Crippen LogP contribution in [-0.4, -0.2) is 34.7 Å². The summed E-state index contributed by atoms with van der Waals surface area (Å²) in [6, 6.07) is 6.53. The fourth-order valence-electron chi connectivity index (χ4n) is 3.34. The number of amides is 2. The fourth-order valence-corrected chi connectivity index (χ4v) is 3.34. The van der Waals surface area contributed by atoms with E-state index in [1.807, 2.05) is 0 Å². The first kappa shape index (κ1) is 19.6. The summed E-state index contributed by atoms with van der Waals surface area (Å²) in [7, 11) is 2.98. The quantitative estimate of drug-likeness (QED) is 0.772. The van der Waals surface area contributed by atoms with Gasteiger partial charge in [0.05, 0.1) is 12.7 Å². The minimum absolute atomic E-state index is 0.0245. The zero-order chi connectivity index (χ0) is 20.3. The van der Waals surface area contributed by atoms with Crippen LogP contribution in [0.5, 0.6) is 0 Å². The van der Waals surface area contributed by atoms with Crippen molar-refractivity contribution in [2.45, 2.75) is 32.6 Å². The molecule has 8 heteroatoms. The molecule has 1 aliphatic rings. The SMILES string of the molecule is COC(=O)c1cc(NC(=O)c2cc(NC(=O)C3CCCC3)n(C)n2)ccc1C. The van der Waals surface area contributed by atoms with Crippen molar-refractivity contribution in [1.29, 1.82) is 0 Å². The van der Waals surface area contributed by atoms with Crippen LogP contribution in [0.15, 0.2) is 24.3 Å². The lowest BCUT2D eigenvalue weighted by Crippen LogP contribution is -2.21. The number of esters is 1. The summed E-state index contributed by atoms with van der Waals surface area (Å²) in [4.78, 5) is 36.7. The molecule has 0 unspecified atom stereocenters. The van der Waals surface area contributed by atoms with Gasteiger partial charge in [0.25, 0.3) is 5.91 Å². The van der Waals surface area contributed by atoms with E-state index in [1.54, 1.807) is 32.2 Å². The molecule has 8 nitrogen and oxygen atoms in total. The predicted octanol–water partition coefficient (Wildman–Crippen LogP) is 2.90. The van der Waals surface area contributed by atoms with Gasteiger partial charge in [-0.05, 0) is 37.5 Å². The topological polar surface area (TPSA) is 102 Å². The van der Waals surface area contributed by atoms with Crippen molar-refractivity contribution >= 4 is 29.3 Å². The summed E-state index contributed by atoms with van der Waals surface area (Å²) < 4.78 is 6.22. The monoisotopic (exact) mass is 384 g/mol. The lowest BCUT2D eigenvalue weighted by Gasteiger charge is -2.09. The molecule has 0 aliphatic heterocycles. The van der Waals surface area contributed by atoms with Gasteiger partial charge in [-0.1, -0.05) is 18.9 Å². The highest BCUT2D eigenvalue weighted by atomic mass is 16.5. The number of aryl methyl sites for hydroxylation is 2. The van der Waals surface area contributed by atoms with Crippen molar-refractivity contribution < 1.29 is 19.1 Å². The molecule has 0 atom stereocenters. The Kier molecular flexibility index (Phi) is 5.77. The fraction of sp³-hybridized carbons (Fsp3) is 0.400. The van der Waals surface area contributed by atoms with Gasteiger partial charge in [0.2, 0.25) is 5.91 Å². The lowest BCUT2D eigenvalue weighted by atomic mass is 10.1. The number of nitrogens with one attached hydrogen (secondary N) is 2. The van der Waals surface area contributed by atoms with Crippen molar-refractivity contribution in [3.05, 3.63) is 41.1 Å². The van der Waals surface area contributed by atoms with Gasteiger partial charge < -0.3 is 15.4 Å². The highest BCUT2D eigenvalue weighted by Gasteiger charge is 2.24. The molecule has 2 aromatic rings. The first-order valence-electron chi connectivity index (χ1n) is 9.24. The number of nitrogens with zero attached hydrogens (tertiary/aromatic N) is 2. The molecule has 1 fully saturated rings. The van der Waals surface area contributed by atoms with Crippen LogP contribution < -0.4 is 10.6 Å². The van der Waals surface area contributed by atoms with E-state index in [-0.39, 0.29) is 17.5 Å². The van der Waals surface area contributed by atoms with Crippen LogP contribution in [0.4, 0.5) is 11.5 Å². The molecular weight excluding hydrogens is 360 g/mol. The minimum atomic E-state index is -0.469. The van der Waals surface area contributed by atoms with Crippen molar-refractivity contribution in [2.75, 3.05) is 17.7 Å². The Balaban J connectivity index is 1.71. The van der Waals surface area contributed by atoms with E-state index >= 15 is 0 Å². The largest absolute Gasteiger partial charge is 0.465 e. The molecule has 2 N–H and O–H groups in total. The number of anilines is 2. The second-order valence-corrected chi connectivity index (χ2v) is 6.98. The maximum atomic E-state index is 12.5. The van der Waals surface area contributed by atoms with E-state index < -0.39 is 11.9 Å². The third-order valence-electron chi connectivity index (χ3n) is 4.99. The van der Waals surface area contributed by atoms with Crippen LogP contribution in [0.1, 0.15) is 52.1 Å². The van der Waals surface area contributed by atoms with Gasteiger partial charge in [-0.25, -0.2) is 4.79 Å². The van der Waals surface area contributed by atoms with Gasteiger partial charge in [0.15, 0.2) is 5.69 Å². The number of carbonyl (C=O) groups excluding carboxylic acids is 3. The first-order chi connectivity index (χ1) is 13.4. The summed E-state index contributed by atoms with van der Waals surface area (Å²) in [6.45, 7) is 1.79. The molecule has 148 valence electrons. The van der Waals surface area contributed by atoms with Crippen molar-refractivity contribution in [2.24, 2.45) is 13.0 Å². The van der Waals surface area contributed by atoms with Gasteiger partial charge in [-0.15, -0.1) is 0 Å². The van der Waals surface area contributed by atoms with Gasteiger partial charge in [0, 0.05) is 24.7 Å². The number of methoxy groups -OCH3 is 1. The molecule has 0 bridgehead atoms. The molecule has 1 aliphatic carbocycles. The van der Waals surface area contributed by atoms with Crippen LogP contribution >= 0.6 is 0 Å². The first-order valence-corrected chi connectivity index (χ1v) is 9.24. The van der Waals surface area contributed by atoms with E-state index in [1.165, 1.54) is 17.9 Å². The molecule has 1 heterocycles. The van der Waals surface area contributed by atoms with Crippen LogP contribution in [-0.2, 0) is 16.6 Å². The summed E-state index contributed by atoms with van der Waals surface area (Å²) >= 11 is 0. The average molecular weight is 384 g/mol. The lowest BCUT2D eigenvalue weighted by molar-refractivity contribution is -0.119. The van der Waals surface area contributed by atoms with E-state index in [9.17, 15) is 14.4 Å². The Morgan fingerprint density at radius 1 is 1.14 bits per heavy atom. The highest BCUT2D eigenvalue weighted by Crippen LogP contribution is 2.26. The molecule has 2 amide bonds. The number of hydrogen-bond acceptors (Lipinski definition) is 5. The second kappa shape index (κ2) is 8.24. The predicted molar refractivity (Wildman–Crippen MR) is 104 cm³/mol. The third-order valence-corrected chi connectivity index (χ3v) is 4.99. The van der Waals surface area contributed by atoms with E-state index in [0.29, 0.717) is 17.1 Å². The number of aromatic nitrogens is 2. The summed E-state index contributed by atoms with van der Waals surface area (Å²) in [5.41, 5.74) is 1.76. The van der Waals surface area contributed by atoms with E-state index in [2.05, 4.69) is 15.7 Å². The smallest absolute Gasteiger partial charge is 0.338 e. The van der Waals surface area contributed by atoms with Gasteiger partial charge >= 0.3 is 5.97 Å². The Morgan fingerprint density at radius 2 is 1.86 bits per heavy atom. The molecular formula is C20H24N4O4. The second-order valence-electron chi connectivity index (χ2n) is 6.98. The number of hydrogen-bond donors (Lipinski definition) is 2. The normalized spacial score (nSPS) is 14.0. The Morgan fingerprint density at radius 3 is 2.54 bits per heavy atom. The van der Waals surface area contributed by atoms with Crippen LogP contribution in [0.2, 0.25) is 0 Å². The van der Waals surface area contributed by atoms with Gasteiger partial charge in [-0.3, -0.25) is 14.3 Å². The highest BCUT2D eigenvalue weighted by molar-refractivity contribution is 6.04. The van der Waals surface area contributed by atoms with Crippen molar-refractivity contribution in [1.82, 2.24) is 9.78 Å². The summed E-state index contributed by atoms with van der Waals surface area (Å²) in [5.74, 6) is -0.439. The van der Waals surface area contributed by atoms with Gasteiger partial charge in [-0.2, -0.15) is 5.10 Å². The Labute approximate surface area is 163 Å². The molecule has 0 spiro atoms. The number of benzene rings is 1. The molecule has 0 saturated heterocycles. The Hall–Kier alpha value is -3.16. The summed E-state index contributed by atoms with van der Waals surface area (Å²) in [5, 5.41) is 9.75. The zero-order valence-electron chi connectivity index (χ0n) is 16.2. The number of rotatable bonds is 5. The number of carbonyl (C=O) groups is 3. The van der Waals surface area contributed by atoms with Crippen molar-refractivity contribution in [3.63, 3.8) is 0 Å². The van der Waals surface area contributed by atoms with Crippen LogP contribution in [0.25, 0.3) is 0 Å². The zero-order valence-corrected chi connectivity index (χ0v) is 16.2. The number of ether oxygens (including phenoxy) is 1. The van der Waals surface area contributed by atoms with E-state index in [0.717, 1.165) is 31.2 Å². The maximum absolute atomic E-state index is 12.5. The molecule has 1 saturated carbocycles. The molecule has 3 rings (SSSR count). The van der Waals surface area contributed by atoms with Crippen LogP contribution in [0.3, 0.4) is 0 Å². The summed E-state index contributed by atoms with van der Waals surface area (Å²) in [6.07, 6.45) is 3.93. The standard InChI is InChI=1S/C20H24N4O4/c1-12-8-9-14(10-15(12)20(27)28-3)21-19(26)16-11-17(24(2)23-16)22-18(25)13-6-4-5-7-13/h8-11,13H,4-7H2,1-3H3,(H,21,26)(H,22,25). The van der Waals surface area contributed by atoms with Gasteiger partial charge in [0.1, 0.15) is 5.82 Å². The Bertz CT molecular complexity index is 913. The molecule has 1 aromatic heterocycles. The molecule has 0 radical (unpaired) electrons. The van der Waals surface area contributed by atoms with Crippen LogP contribution in [0, 0.1) is 12.8 Å². The third kappa shape index (κ3) is 4.21. The van der Waals surface area contributed by atoms with E-state index in [4.69, 9.17) is 4.74 Å². The van der Waals surface area contributed by atoms with Crippen molar-refractivity contribution in [3.8, 4) is 0 Å². The molecule has 28 heavy (non-hydrogen) atoms. The maximum Gasteiger partial charge on any atom is 0.338 e. The minimum Gasteiger partial charge on any atom is -0.465 e.